The van der Waals surface area contributed by atoms with Gasteiger partial charge in [0.1, 0.15) is 18.1 Å². The summed E-state index contributed by atoms with van der Waals surface area (Å²) < 4.78 is 0. The maximum absolute atomic E-state index is 13.0. The minimum absolute atomic E-state index is 0.00303. The van der Waals surface area contributed by atoms with E-state index in [4.69, 9.17) is 27.4 Å². The van der Waals surface area contributed by atoms with E-state index in [-0.39, 0.29) is 31.8 Å². The maximum atomic E-state index is 13.0. The van der Waals surface area contributed by atoms with Crippen LogP contribution in [0.4, 0.5) is 0 Å². The van der Waals surface area contributed by atoms with Crippen molar-refractivity contribution < 1.29 is 44.1 Å². The highest BCUT2D eigenvalue weighted by atomic mass is 16.4. The van der Waals surface area contributed by atoms with Gasteiger partial charge in [0.2, 0.25) is 17.7 Å². The second-order valence-corrected chi connectivity index (χ2v) is 8.28. The molecule has 0 aromatic heterocycles. The molecular formula is C20H35N7O9. The van der Waals surface area contributed by atoms with Crippen LogP contribution >= 0.6 is 0 Å². The molecule has 0 aliphatic heterocycles. The summed E-state index contributed by atoms with van der Waals surface area (Å²) in [5, 5.41) is 33.9. The number of hydrogen-bond acceptors (Lipinski definition) is 8. The molecule has 0 saturated heterocycles. The Hall–Kier alpha value is -3.95. The number of carbonyl (C=O) groups is 6. The number of hydrogen-bond donors (Lipinski definition) is 9. The number of rotatable bonds is 17. The molecule has 0 bridgehead atoms. The molecule has 0 radical (unpaired) electrons. The Morgan fingerprint density at radius 3 is 1.86 bits per heavy atom. The SMILES string of the molecule is CC(C)[C@H](NC(=O)[C@H](CCCN=C(N)N)NC(=O)[C@@H](N)CC(=O)O)C(=O)N[C@@H](CCC(=O)O)C(=O)O. The van der Waals surface area contributed by atoms with Crippen molar-refractivity contribution in [1.29, 1.82) is 0 Å². The van der Waals surface area contributed by atoms with Crippen LogP contribution in [0.2, 0.25) is 0 Å². The highest BCUT2D eigenvalue weighted by molar-refractivity contribution is 5.94. The fourth-order valence-electron chi connectivity index (χ4n) is 2.91. The molecule has 0 unspecified atom stereocenters. The molecule has 0 spiro atoms. The van der Waals surface area contributed by atoms with Crippen molar-refractivity contribution in [2.75, 3.05) is 6.54 Å². The molecule has 0 aliphatic rings. The minimum atomic E-state index is -1.50. The van der Waals surface area contributed by atoms with Gasteiger partial charge in [-0.2, -0.15) is 0 Å². The molecule has 0 aromatic rings. The Kier molecular flexibility index (Phi) is 14.1. The molecule has 0 saturated carbocycles. The summed E-state index contributed by atoms with van der Waals surface area (Å²) in [6.45, 7) is 3.26. The predicted octanol–water partition coefficient (Wildman–Crippen LogP) is -3.10. The fraction of sp³-hybridized carbons (Fsp3) is 0.650. The number of carboxylic acids is 3. The molecule has 0 heterocycles. The Morgan fingerprint density at radius 1 is 0.806 bits per heavy atom. The summed E-state index contributed by atoms with van der Waals surface area (Å²) in [5.74, 6) is -7.33. The van der Waals surface area contributed by atoms with E-state index in [0.717, 1.165) is 0 Å². The standard InChI is InChI=1S/C20H35N7O9/c1-9(2)15(18(34)26-12(19(35)36)5-6-13(28)29)27-17(33)11(4-3-7-24-20(22)23)25-16(32)10(21)8-14(30)31/h9-12,15H,3-8,21H2,1-2H3,(H,25,32)(H,26,34)(H,27,33)(H,28,29)(H,30,31)(H,35,36)(H4,22,23,24)/t10-,11-,12-,15-/m0/s1. The van der Waals surface area contributed by atoms with Crippen molar-refractivity contribution in [2.45, 2.75) is 70.1 Å². The summed E-state index contributed by atoms with van der Waals surface area (Å²) >= 11 is 0. The zero-order valence-corrected chi connectivity index (χ0v) is 20.1. The van der Waals surface area contributed by atoms with Gasteiger partial charge in [-0.25, -0.2) is 4.79 Å². The number of carboxylic acid groups (broad SMARTS) is 3. The number of amides is 3. The van der Waals surface area contributed by atoms with Gasteiger partial charge in [-0.3, -0.25) is 29.0 Å². The third kappa shape index (κ3) is 13.1. The van der Waals surface area contributed by atoms with Crippen molar-refractivity contribution in [3.05, 3.63) is 0 Å². The van der Waals surface area contributed by atoms with Gasteiger partial charge < -0.3 is 48.5 Å². The lowest BCUT2D eigenvalue weighted by atomic mass is 10.0. The molecule has 16 nitrogen and oxygen atoms in total. The van der Waals surface area contributed by atoms with Crippen LogP contribution in [0.3, 0.4) is 0 Å². The molecule has 0 fully saturated rings. The number of guanidine groups is 1. The first-order chi connectivity index (χ1) is 16.6. The third-order valence-corrected chi connectivity index (χ3v) is 4.82. The molecule has 36 heavy (non-hydrogen) atoms. The van der Waals surface area contributed by atoms with Gasteiger partial charge in [-0.1, -0.05) is 13.8 Å². The normalized spacial score (nSPS) is 14.0. The van der Waals surface area contributed by atoms with Gasteiger partial charge in [-0.15, -0.1) is 0 Å². The van der Waals surface area contributed by atoms with Crippen LogP contribution in [0.1, 0.15) is 46.0 Å². The van der Waals surface area contributed by atoms with Crippen molar-refractivity contribution >= 4 is 41.6 Å². The van der Waals surface area contributed by atoms with Gasteiger partial charge in [0.25, 0.3) is 0 Å². The van der Waals surface area contributed by atoms with Gasteiger partial charge in [0.05, 0.1) is 12.5 Å². The first-order valence-corrected chi connectivity index (χ1v) is 11.0. The quantitative estimate of drug-likeness (QED) is 0.0526. The average molecular weight is 518 g/mol. The number of nitrogens with zero attached hydrogens (tertiary/aromatic N) is 1. The van der Waals surface area contributed by atoms with Gasteiger partial charge in [-0.05, 0) is 25.2 Å². The van der Waals surface area contributed by atoms with Crippen molar-refractivity contribution in [1.82, 2.24) is 16.0 Å². The van der Waals surface area contributed by atoms with Crippen LogP contribution in [0.15, 0.2) is 4.99 Å². The van der Waals surface area contributed by atoms with Crippen LogP contribution in [-0.2, 0) is 28.8 Å². The van der Waals surface area contributed by atoms with Crippen LogP contribution in [-0.4, -0.2) is 87.6 Å². The molecule has 0 aliphatic carbocycles. The number of nitrogens with one attached hydrogen (secondary N) is 3. The van der Waals surface area contributed by atoms with Crippen molar-refractivity contribution in [3.63, 3.8) is 0 Å². The minimum Gasteiger partial charge on any atom is -0.481 e. The van der Waals surface area contributed by atoms with E-state index in [2.05, 4.69) is 20.9 Å². The van der Waals surface area contributed by atoms with Gasteiger partial charge >= 0.3 is 17.9 Å². The monoisotopic (exact) mass is 517 g/mol. The zero-order chi connectivity index (χ0) is 28.0. The lowest BCUT2D eigenvalue weighted by Gasteiger charge is -2.27. The summed E-state index contributed by atoms with van der Waals surface area (Å²) in [7, 11) is 0. The van der Waals surface area contributed by atoms with E-state index in [1.807, 2.05) is 0 Å². The van der Waals surface area contributed by atoms with Gasteiger partial charge in [0.15, 0.2) is 5.96 Å². The summed E-state index contributed by atoms with van der Waals surface area (Å²) in [5.41, 5.74) is 16.1. The van der Waals surface area contributed by atoms with E-state index in [9.17, 15) is 33.9 Å². The summed E-state index contributed by atoms with van der Waals surface area (Å²) in [6, 6.07) is -5.43. The second kappa shape index (κ2) is 15.9. The predicted molar refractivity (Wildman–Crippen MR) is 125 cm³/mol. The van der Waals surface area contributed by atoms with E-state index >= 15 is 0 Å². The highest BCUT2D eigenvalue weighted by Gasteiger charge is 2.32. The van der Waals surface area contributed by atoms with Crippen molar-refractivity contribution in [2.24, 2.45) is 28.1 Å². The van der Waals surface area contributed by atoms with Crippen LogP contribution in [0, 0.1) is 5.92 Å². The van der Waals surface area contributed by atoms with E-state index in [0.29, 0.717) is 0 Å². The molecule has 204 valence electrons. The number of aliphatic imine (C=N–C) groups is 1. The topological polar surface area (TPSA) is 290 Å². The largest absolute Gasteiger partial charge is 0.481 e. The Bertz CT molecular complexity index is 843. The highest BCUT2D eigenvalue weighted by Crippen LogP contribution is 2.08. The van der Waals surface area contributed by atoms with E-state index in [1.165, 1.54) is 0 Å². The zero-order valence-electron chi connectivity index (χ0n) is 20.1. The molecule has 12 N–H and O–H groups in total. The smallest absolute Gasteiger partial charge is 0.326 e. The fourth-order valence-corrected chi connectivity index (χ4v) is 2.91. The molecular weight excluding hydrogens is 482 g/mol. The molecule has 3 amide bonds. The molecule has 0 aromatic carbocycles. The number of aliphatic carboxylic acids is 3. The van der Waals surface area contributed by atoms with Crippen molar-refractivity contribution in [3.8, 4) is 0 Å². The molecule has 4 atom stereocenters. The number of carbonyl (C=O) groups excluding carboxylic acids is 3. The lowest BCUT2D eigenvalue weighted by molar-refractivity contribution is -0.143. The van der Waals surface area contributed by atoms with Crippen LogP contribution < -0.4 is 33.2 Å². The Balaban J connectivity index is 5.55. The second-order valence-electron chi connectivity index (χ2n) is 8.28. The summed E-state index contributed by atoms with van der Waals surface area (Å²) in [6.07, 6.45) is -1.34. The van der Waals surface area contributed by atoms with Gasteiger partial charge in [0, 0.05) is 13.0 Å². The molecule has 16 heteroatoms. The number of nitrogens with two attached hydrogens (primary N) is 3. The van der Waals surface area contributed by atoms with E-state index < -0.39 is 78.6 Å². The third-order valence-electron chi connectivity index (χ3n) is 4.82. The van der Waals surface area contributed by atoms with E-state index in [1.54, 1.807) is 13.8 Å². The maximum Gasteiger partial charge on any atom is 0.326 e. The lowest BCUT2D eigenvalue weighted by Crippen LogP contribution is -2.58. The van der Waals surface area contributed by atoms with Crippen LogP contribution in [0.5, 0.6) is 0 Å². The Labute approximate surface area is 207 Å². The molecule has 0 rings (SSSR count). The summed E-state index contributed by atoms with van der Waals surface area (Å²) in [4.78, 5) is 74.7. The first-order valence-electron chi connectivity index (χ1n) is 11.0. The first kappa shape index (κ1) is 32.0. The Morgan fingerprint density at radius 2 is 1.39 bits per heavy atom. The van der Waals surface area contributed by atoms with Crippen LogP contribution in [0.25, 0.3) is 0 Å². The average Bonchev–Trinajstić information content (AvgIpc) is 2.75.